The summed E-state index contributed by atoms with van der Waals surface area (Å²) in [7, 11) is 4.99. The second-order valence-corrected chi connectivity index (χ2v) is 5.85. The molecule has 0 amide bonds. The van der Waals surface area contributed by atoms with Crippen LogP contribution in [0.3, 0.4) is 0 Å². The molecule has 0 radical (unpaired) electrons. The number of nitrogens with one attached hydrogen (secondary N) is 2. The van der Waals surface area contributed by atoms with Gasteiger partial charge in [0.15, 0.2) is 5.96 Å². The maximum absolute atomic E-state index is 13.2. The molecule has 5 nitrogen and oxygen atoms in total. The Hall–Kier alpha value is -2.03. The molecule has 0 saturated heterocycles. The van der Waals surface area contributed by atoms with Crippen LogP contribution < -0.4 is 20.1 Å². The molecule has 27 heavy (non-hydrogen) atoms. The summed E-state index contributed by atoms with van der Waals surface area (Å²) < 4.78 is 23.8. The summed E-state index contributed by atoms with van der Waals surface area (Å²) in [6.45, 7) is 3.19. The molecule has 2 aromatic rings. The minimum Gasteiger partial charge on any atom is -0.497 e. The predicted molar refractivity (Wildman–Crippen MR) is 118 cm³/mol. The van der Waals surface area contributed by atoms with E-state index in [4.69, 9.17) is 9.47 Å². The number of methoxy groups -OCH3 is 2. The van der Waals surface area contributed by atoms with Crippen LogP contribution in [-0.2, 0) is 13.0 Å². The van der Waals surface area contributed by atoms with Crippen molar-refractivity contribution in [1.29, 1.82) is 0 Å². The average Bonchev–Trinajstić information content (AvgIpc) is 2.65. The van der Waals surface area contributed by atoms with Gasteiger partial charge >= 0.3 is 0 Å². The molecule has 0 bridgehead atoms. The highest BCUT2D eigenvalue weighted by atomic mass is 127. The summed E-state index contributed by atoms with van der Waals surface area (Å²) in [6.07, 6.45) is 0.790. The summed E-state index contributed by atoms with van der Waals surface area (Å²) in [4.78, 5) is 4.23. The largest absolute Gasteiger partial charge is 0.497 e. The van der Waals surface area contributed by atoms with Crippen molar-refractivity contribution in [3.05, 3.63) is 58.9 Å². The molecule has 148 valence electrons. The number of hydrogen-bond donors (Lipinski definition) is 2. The number of guanidine groups is 1. The van der Waals surface area contributed by atoms with Crippen molar-refractivity contribution in [1.82, 2.24) is 10.6 Å². The number of halogens is 2. The Bertz CT molecular complexity index is 769. The van der Waals surface area contributed by atoms with Crippen LogP contribution in [0.2, 0.25) is 0 Å². The highest BCUT2D eigenvalue weighted by Crippen LogP contribution is 2.24. The lowest BCUT2D eigenvalue weighted by Crippen LogP contribution is -2.38. The fourth-order valence-corrected chi connectivity index (χ4v) is 2.65. The van der Waals surface area contributed by atoms with Gasteiger partial charge in [0.2, 0.25) is 0 Å². The van der Waals surface area contributed by atoms with Crippen LogP contribution in [0.5, 0.6) is 11.5 Å². The van der Waals surface area contributed by atoms with Gasteiger partial charge in [-0.05, 0) is 48.7 Å². The predicted octanol–water partition coefficient (Wildman–Crippen LogP) is 3.68. The third-order valence-electron chi connectivity index (χ3n) is 4.16. The van der Waals surface area contributed by atoms with E-state index in [1.54, 1.807) is 27.3 Å². The van der Waals surface area contributed by atoms with E-state index in [-0.39, 0.29) is 29.8 Å². The highest BCUT2D eigenvalue weighted by molar-refractivity contribution is 14.0. The van der Waals surface area contributed by atoms with Crippen LogP contribution in [0.1, 0.15) is 16.7 Å². The molecule has 0 heterocycles. The first-order valence-electron chi connectivity index (χ1n) is 8.47. The van der Waals surface area contributed by atoms with Gasteiger partial charge in [-0.3, -0.25) is 4.99 Å². The van der Waals surface area contributed by atoms with E-state index < -0.39 is 0 Å². The zero-order valence-corrected chi connectivity index (χ0v) is 18.5. The van der Waals surface area contributed by atoms with E-state index in [0.29, 0.717) is 19.0 Å². The quantitative estimate of drug-likeness (QED) is 0.356. The zero-order valence-electron chi connectivity index (χ0n) is 16.1. The zero-order chi connectivity index (χ0) is 18.9. The van der Waals surface area contributed by atoms with Crippen molar-refractivity contribution in [2.24, 2.45) is 4.99 Å². The molecular formula is C20H27FIN3O2. The Morgan fingerprint density at radius 3 is 2.41 bits per heavy atom. The van der Waals surface area contributed by atoms with Crippen molar-refractivity contribution in [3.63, 3.8) is 0 Å². The smallest absolute Gasteiger partial charge is 0.191 e. The molecule has 0 saturated carbocycles. The van der Waals surface area contributed by atoms with E-state index in [0.717, 1.165) is 34.6 Å². The minimum atomic E-state index is -0.204. The highest BCUT2D eigenvalue weighted by Gasteiger charge is 2.06. The number of ether oxygens (including phenoxy) is 2. The molecule has 0 atom stereocenters. The molecule has 0 aromatic heterocycles. The molecule has 0 spiro atoms. The van der Waals surface area contributed by atoms with Gasteiger partial charge < -0.3 is 20.1 Å². The molecule has 7 heteroatoms. The Balaban J connectivity index is 0.00000364. The van der Waals surface area contributed by atoms with Crippen molar-refractivity contribution in [2.45, 2.75) is 19.9 Å². The molecule has 0 aliphatic carbocycles. The summed E-state index contributed by atoms with van der Waals surface area (Å²) >= 11 is 0. The van der Waals surface area contributed by atoms with E-state index in [9.17, 15) is 4.39 Å². The third kappa shape index (κ3) is 6.89. The van der Waals surface area contributed by atoms with E-state index in [2.05, 4.69) is 15.6 Å². The normalized spacial score (nSPS) is 10.8. The summed E-state index contributed by atoms with van der Waals surface area (Å²) in [6, 6.07) is 10.6. The first kappa shape index (κ1) is 23.0. The summed E-state index contributed by atoms with van der Waals surface area (Å²) in [5.41, 5.74) is 3.08. The summed E-state index contributed by atoms with van der Waals surface area (Å²) in [5, 5.41) is 6.54. The number of benzene rings is 2. The van der Waals surface area contributed by atoms with E-state index in [1.807, 2.05) is 31.2 Å². The molecule has 2 N–H and O–H groups in total. The van der Waals surface area contributed by atoms with Crippen LogP contribution >= 0.6 is 24.0 Å². The maximum atomic E-state index is 13.2. The first-order chi connectivity index (χ1) is 12.6. The van der Waals surface area contributed by atoms with E-state index >= 15 is 0 Å². The number of aliphatic imine (C=N–C) groups is 1. The molecule has 2 rings (SSSR count). The number of rotatable bonds is 7. The lowest BCUT2D eigenvalue weighted by molar-refractivity contribution is 0.390. The van der Waals surface area contributed by atoms with Crippen molar-refractivity contribution in [2.75, 3.05) is 27.8 Å². The Morgan fingerprint density at radius 2 is 1.78 bits per heavy atom. The van der Waals surface area contributed by atoms with Gasteiger partial charge in [0.05, 0.1) is 14.2 Å². The van der Waals surface area contributed by atoms with Crippen molar-refractivity contribution in [3.8, 4) is 11.5 Å². The van der Waals surface area contributed by atoms with Gasteiger partial charge in [-0.25, -0.2) is 4.39 Å². The van der Waals surface area contributed by atoms with Gasteiger partial charge in [0.1, 0.15) is 17.3 Å². The summed E-state index contributed by atoms with van der Waals surface area (Å²) in [5.74, 6) is 2.00. The average molecular weight is 487 g/mol. The SMILES string of the molecule is CN=C(NCCc1ccc(F)cc1C)NCc1ccc(OC)cc1OC.I. The lowest BCUT2D eigenvalue weighted by atomic mass is 10.1. The Labute approximate surface area is 177 Å². The van der Waals surface area contributed by atoms with Crippen LogP contribution in [0.4, 0.5) is 4.39 Å². The minimum absolute atomic E-state index is 0. The number of aryl methyl sites for hydroxylation is 1. The molecule has 0 unspecified atom stereocenters. The Morgan fingerprint density at radius 1 is 1.04 bits per heavy atom. The fraction of sp³-hybridized carbons (Fsp3) is 0.350. The van der Waals surface area contributed by atoms with Gasteiger partial charge in [0, 0.05) is 31.8 Å². The molecule has 0 fully saturated rings. The van der Waals surface area contributed by atoms with Crippen LogP contribution in [0.25, 0.3) is 0 Å². The van der Waals surface area contributed by atoms with Crippen LogP contribution in [0.15, 0.2) is 41.4 Å². The van der Waals surface area contributed by atoms with Crippen LogP contribution in [0, 0.1) is 12.7 Å². The molecule has 2 aromatic carbocycles. The van der Waals surface area contributed by atoms with Crippen LogP contribution in [-0.4, -0.2) is 33.8 Å². The van der Waals surface area contributed by atoms with Gasteiger partial charge in [-0.1, -0.05) is 6.07 Å². The standard InChI is InChI=1S/C20H26FN3O2.HI/c1-14-11-17(21)7-5-15(14)9-10-23-20(22-2)24-13-16-6-8-18(25-3)12-19(16)26-4;/h5-8,11-12H,9-10,13H2,1-4H3,(H2,22,23,24);1H. The van der Waals surface area contributed by atoms with Crippen molar-refractivity contribution < 1.29 is 13.9 Å². The fourth-order valence-electron chi connectivity index (χ4n) is 2.65. The Kier molecular flexibility index (Phi) is 9.92. The van der Waals surface area contributed by atoms with Gasteiger partial charge in [-0.15, -0.1) is 24.0 Å². The lowest BCUT2D eigenvalue weighted by Gasteiger charge is -2.15. The third-order valence-corrected chi connectivity index (χ3v) is 4.16. The second kappa shape index (κ2) is 11.6. The molecule has 0 aliphatic heterocycles. The van der Waals surface area contributed by atoms with Gasteiger partial charge in [0.25, 0.3) is 0 Å². The van der Waals surface area contributed by atoms with Gasteiger partial charge in [-0.2, -0.15) is 0 Å². The monoisotopic (exact) mass is 487 g/mol. The van der Waals surface area contributed by atoms with E-state index in [1.165, 1.54) is 6.07 Å². The van der Waals surface area contributed by atoms with Crippen molar-refractivity contribution >= 4 is 29.9 Å². The molecule has 0 aliphatic rings. The number of hydrogen-bond acceptors (Lipinski definition) is 3. The number of nitrogens with zero attached hydrogens (tertiary/aromatic N) is 1. The maximum Gasteiger partial charge on any atom is 0.191 e. The first-order valence-corrected chi connectivity index (χ1v) is 8.47. The molecular weight excluding hydrogens is 460 g/mol. The second-order valence-electron chi connectivity index (χ2n) is 5.85. The topological polar surface area (TPSA) is 54.9 Å².